The van der Waals surface area contributed by atoms with Crippen molar-refractivity contribution in [1.29, 1.82) is 0 Å². The average Bonchev–Trinajstić information content (AvgIpc) is 2.38. The molecule has 1 N–H and O–H groups in total. The zero-order chi connectivity index (χ0) is 14.7. The molecule has 0 aliphatic carbocycles. The second-order valence-corrected chi connectivity index (χ2v) is 4.86. The zero-order valence-corrected chi connectivity index (χ0v) is 11.3. The van der Waals surface area contributed by atoms with E-state index in [4.69, 9.17) is 0 Å². The standard InChI is InChI=1S/C16H16F3N/c1-10(12-3-5-14(17)6-4-12)20-11(2)13-7-15(18)9-16(19)8-13/h3-11,20H,1-2H3/t10-,11?/m1/s1. The molecule has 0 saturated heterocycles. The average molecular weight is 279 g/mol. The summed E-state index contributed by atoms with van der Waals surface area (Å²) in [7, 11) is 0. The molecule has 106 valence electrons. The SMILES string of the molecule is CC(N[C@H](C)c1ccc(F)cc1)c1cc(F)cc(F)c1. The maximum Gasteiger partial charge on any atom is 0.126 e. The van der Waals surface area contributed by atoms with Crippen molar-refractivity contribution in [1.82, 2.24) is 5.32 Å². The number of benzene rings is 2. The van der Waals surface area contributed by atoms with Gasteiger partial charge in [0.05, 0.1) is 0 Å². The van der Waals surface area contributed by atoms with Crippen LogP contribution in [0.4, 0.5) is 13.2 Å². The van der Waals surface area contributed by atoms with Crippen LogP contribution in [0.1, 0.15) is 37.1 Å². The molecule has 0 saturated carbocycles. The van der Waals surface area contributed by atoms with Crippen LogP contribution in [-0.2, 0) is 0 Å². The van der Waals surface area contributed by atoms with E-state index in [2.05, 4.69) is 5.32 Å². The highest BCUT2D eigenvalue weighted by atomic mass is 19.1. The Bertz CT molecular complexity index is 561. The molecule has 0 bridgehead atoms. The van der Waals surface area contributed by atoms with E-state index in [1.54, 1.807) is 12.1 Å². The van der Waals surface area contributed by atoms with Crippen LogP contribution < -0.4 is 5.32 Å². The summed E-state index contributed by atoms with van der Waals surface area (Å²) >= 11 is 0. The summed E-state index contributed by atoms with van der Waals surface area (Å²) in [5.41, 5.74) is 1.45. The van der Waals surface area contributed by atoms with Crippen molar-refractivity contribution in [2.24, 2.45) is 0 Å². The molecule has 0 fully saturated rings. The smallest absolute Gasteiger partial charge is 0.126 e. The summed E-state index contributed by atoms with van der Waals surface area (Å²) in [6.45, 7) is 3.74. The minimum absolute atomic E-state index is 0.0584. The minimum atomic E-state index is -0.594. The number of hydrogen-bond donors (Lipinski definition) is 1. The van der Waals surface area contributed by atoms with Crippen LogP contribution in [0.15, 0.2) is 42.5 Å². The van der Waals surface area contributed by atoms with Crippen molar-refractivity contribution in [3.05, 3.63) is 71.0 Å². The molecule has 0 aliphatic heterocycles. The van der Waals surface area contributed by atoms with Crippen molar-refractivity contribution in [2.75, 3.05) is 0 Å². The molecule has 0 aromatic heterocycles. The number of hydrogen-bond acceptors (Lipinski definition) is 1. The first kappa shape index (κ1) is 14.6. The third-order valence-electron chi connectivity index (χ3n) is 3.25. The molecule has 2 rings (SSSR count). The third-order valence-corrected chi connectivity index (χ3v) is 3.25. The van der Waals surface area contributed by atoms with Gasteiger partial charge in [-0.3, -0.25) is 0 Å². The molecule has 1 unspecified atom stereocenters. The fourth-order valence-corrected chi connectivity index (χ4v) is 2.14. The van der Waals surface area contributed by atoms with Crippen LogP contribution in [0.2, 0.25) is 0 Å². The van der Waals surface area contributed by atoms with Gasteiger partial charge in [0.15, 0.2) is 0 Å². The lowest BCUT2D eigenvalue weighted by Gasteiger charge is -2.21. The van der Waals surface area contributed by atoms with E-state index in [1.807, 2.05) is 13.8 Å². The molecule has 20 heavy (non-hydrogen) atoms. The Labute approximate surface area is 116 Å². The second kappa shape index (κ2) is 6.09. The fourth-order valence-electron chi connectivity index (χ4n) is 2.14. The van der Waals surface area contributed by atoms with Gasteiger partial charge < -0.3 is 5.32 Å². The quantitative estimate of drug-likeness (QED) is 0.868. The molecule has 2 aromatic rings. The normalized spacial score (nSPS) is 14.1. The van der Waals surface area contributed by atoms with Gasteiger partial charge in [-0.2, -0.15) is 0 Å². The van der Waals surface area contributed by atoms with Gasteiger partial charge in [0.25, 0.3) is 0 Å². The Hall–Kier alpha value is -1.81. The first-order valence-electron chi connectivity index (χ1n) is 6.43. The van der Waals surface area contributed by atoms with Crippen LogP contribution in [0.3, 0.4) is 0 Å². The third kappa shape index (κ3) is 3.61. The van der Waals surface area contributed by atoms with E-state index >= 15 is 0 Å². The number of rotatable bonds is 4. The zero-order valence-electron chi connectivity index (χ0n) is 11.3. The molecule has 0 heterocycles. The molecule has 0 spiro atoms. The summed E-state index contributed by atoms with van der Waals surface area (Å²) in [5, 5.41) is 3.23. The van der Waals surface area contributed by atoms with Crippen LogP contribution in [0.25, 0.3) is 0 Å². The van der Waals surface area contributed by atoms with Crippen molar-refractivity contribution >= 4 is 0 Å². The molecule has 0 amide bonds. The van der Waals surface area contributed by atoms with Crippen LogP contribution in [0, 0.1) is 17.5 Å². The minimum Gasteiger partial charge on any atom is -0.304 e. The lowest BCUT2D eigenvalue weighted by atomic mass is 10.0. The van der Waals surface area contributed by atoms with Crippen molar-refractivity contribution < 1.29 is 13.2 Å². The van der Waals surface area contributed by atoms with Crippen molar-refractivity contribution in [3.63, 3.8) is 0 Å². The summed E-state index contributed by atoms with van der Waals surface area (Å²) in [4.78, 5) is 0. The summed E-state index contributed by atoms with van der Waals surface area (Å²) < 4.78 is 39.2. The molecule has 1 nitrogen and oxygen atoms in total. The maximum absolute atomic E-state index is 13.2. The molecule has 2 aromatic carbocycles. The van der Waals surface area contributed by atoms with E-state index in [9.17, 15) is 13.2 Å². The van der Waals surface area contributed by atoms with E-state index in [-0.39, 0.29) is 17.9 Å². The van der Waals surface area contributed by atoms with E-state index in [0.717, 1.165) is 11.6 Å². The molecule has 0 aliphatic rings. The maximum atomic E-state index is 13.2. The Morgan fingerprint density at radius 2 is 1.20 bits per heavy atom. The predicted octanol–water partition coefficient (Wildman–Crippen LogP) is 4.52. The predicted molar refractivity (Wildman–Crippen MR) is 72.7 cm³/mol. The van der Waals surface area contributed by atoms with Gasteiger partial charge in [-0.15, -0.1) is 0 Å². The number of nitrogens with one attached hydrogen (secondary N) is 1. The second-order valence-electron chi connectivity index (χ2n) is 4.86. The van der Waals surface area contributed by atoms with E-state index in [1.165, 1.54) is 24.3 Å². The molecule has 4 heteroatoms. The summed E-state index contributed by atoms with van der Waals surface area (Å²) in [6.07, 6.45) is 0. The highest BCUT2D eigenvalue weighted by Gasteiger charge is 2.13. The van der Waals surface area contributed by atoms with Gasteiger partial charge in [-0.1, -0.05) is 12.1 Å². The first-order valence-corrected chi connectivity index (χ1v) is 6.43. The molecular weight excluding hydrogens is 263 g/mol. The highest BCUT2D eigenvalue weighted by Crippen LogP contribution is 2.21. The van der Waals surface area contributed by atoms with Gasteiger partial charge in [0.1, 0.15) is 17.5 Å². The van der Waals surface area contributed by atoms with Gasteiger partial charge in [0, 0.05) is 18.2 Å². The monoisotopic (exact) mass is 279 g/mol. The fraction of sp³-hybridized carbons (Fsp3) is 0.250. The lowest BCUT2D eigenvalue weighted by molar-refractivity contribution is 0.486. The Kier molecular flexibility index (Phi) is 4.45. The Balaban J connectivity index is 2.10. The van der Waals surface area contributed by atoms with Crippen molar-refractivity contribution in [2.45, 2.75) is 25.9 Å². The molecule has 0 radical (unpaired) electrons. The summed E-state index contributed by atoms with van der Waals surface area (Å²) in [5.74, 6) is -1.48. The molecular formula is C16H16F3N. The van der Waals surface area contributed by atoms with Gasteiger partial charge in [-0.25, -0.2) is 13.2 Å². The molecule has 2 atom stereocenters. The Morgan fingerprint density at radius 3 is 1.75 bits per heavy atom. The highest BCUT2D eigenvalue weighted by molar-refractivity contribution is 5.23. The largest absolute Gasteiger partial charge is 0.304 e. The Morgan fingerprint density at radius 1 is 0.700 bits per heavy atom. The van der Waals surface area contributed by atoms with Gasteiger partial charge in [-0.05, 0) is 49.2 Å². The van der Waals surface area contributed by atoms with E-state index in [0.29, 0.717) is 5.56 Å². The topological polar surface area (TPSA) is 12.0 Å². The number of halogens is 3. The van der Waals surface area contributed by atoms with Crippen LogP contribution in [-0.4, -0.2) is 0 Å². The van der Waals surface area contributed by atoms with Crippen LogP contribution in [0.5, 0.6) is 0 Å². The summed E-state index contributed by atoms with van der Waals surface area (Å²) in [6, 6.07) is 9.32. The lowest BCUT2D eigenvalue weighted by Crippen LogP contribution is -2.22. The van der Waals surface area contributed by atoms with E-state index < -0.39 is 11.6 Å². The van der Waals surface area contributed by atoms with Crippen LogP contribution >= 0.6 is 0 Å². The van der Waals surface area contributed by atoms with Crippen molar-refractivity contribution in [3.8, 4) is 0 Å². The van der Waals surface area contributed by atoms with Gasteiger partial charge >= 0.3 is 0 Å². The van der Waals surface area contributed by atoms with Gasteiger partial charge in [0.2, 0.25) is 0 Å². The first-order chi connectivity index (χ1) is 9.45.